The first-order valence-electron chi connectivity index (χ1n) is 30.5. The van der Waals surface area contributed by atoms with Gasteiger partial charge in [-0.25, -0.2) is 0 Å². The van der Waals surface area contributed by atoms with Crippen molar-refractivity contribution in [2.45, 2.75) is 304 Å². The van der Waals surface area contributed by atoms with Crippen molar-refractivity contribution in [1.82, 2.24) is 4.90 Å². The summed E-state index contributed by atoms with van der Waals surface area (Å²) in [5.41, 5.74) is 0. The van der Waals surface area contributed by atoms with Crippen LogP contribution in [0.3, 0.4) is 0 Å². The SMILES string of the molecule is CCCCCCCCC(CCCCCCCC)COC(=O)CCCCCCCCOC(=O)C(CCN(C)C)CSCCCCCCCCC(=O)OCC(CCCCCCCC)CCCCCCCC. The van der Waals surface area contributed by atoms with Gasteiger partial charge in [0.15, 0.2) is 0 Å². The summed E-state index contributed by atoms with van der Waals surface area (Å²) in [7, 11) is 4.13. The van der Waals surface area contributed by atoms with Gasteiger partial charge in [-0.3, -0.25) is 14.4 Å². The summed E-state index contributed by atoms with van der Waals surface area (Å²) in [6, 6.07) is 0. The Morgan fingerprint density at radius 2 is 0.725 bits per heavy atom. The van der Waals surface area contributed by atoms with E-state index in [2.05, 4.69) is 46.7 Å². The Kier molecular flexibility index (Phi) is 53.5. The lowest BCUT2D eigenvalue weighted by Crippen LogP contribution is -2.25. The van der Waals surface area contributed by atoms with Gasteiger partial charge in [-0.1, -0.05) is 233 Å². The maximum Gasteiger partial charge on any atom is 0.309 e. The van der Waals surface area contributed by atoms with E-state index in [0.29, 0.717) is 44.5 Å². The molecule has 8 heteroatoms. The Balaban J connectivity index is 4.21. The molecule has 0 bridgehead atoms. The summed E-state index contributed by atoms with van der Waals surface area (Å²) in [4.78, 5) is 40.5. The number of nitrogens with zero attached hydrogens (tertiary/aromatic N) is 1. The van der Waals surface area contributed by atoms with Crippen LogP contribution >= 0.6 is 11.8 Å². The van der Waals surface area contributed by atoms with Gasteiger partial charge in [-0.2, -0.15) is 11.8 Å². The highest BCUT2D eigenvalue weighted by atomic mass is 32.2. The van der Waals surface area contributed by atoms with Crippen LogP contribution in [0.4, 0.5) is 0 Å². The average molecular weight is 995 g/mol. The molecule has 0 spiro atoms. The largest absolute Gasteiger partial charge is 0.465 e. The lowest BCUT2D eigenvalue weighted by Gasteiger charge is -2.18. The lowest BCUT2D eigenvalue weighted by atomic mass is 9.94. The number of ether oxygens (including phenoxy) is 3. The van der Waals surface area contributed by atoms with Gasteiger partial charge in [0.05, 0.1) is 25.7 Å². The first-order chi connectivity index (χ1) is 33.8. The first-order valence-corrected chi connectivity index (χ1v) is 31.6. The van der Waals surface area contributed by atoms with Crippen LogP contribution in [-0.4, -0.2) is 74.8 Å². The molecule has 0 heterocycles. The number of hydrogen-bond acceptors (Lipinski definition) is 8. The number of rotatable bonds is 56. The smallest absolute Gasteiger partial charge is 0.309 e. The highest BCUT2D eigenvalue weighted by molar-refractivity contribution is 7.99. The molecule has 0 aromatic heterocycles. The molecule has 0 aromatic rings. The zero-order valence-electron chi connectivity index (χ0n) is 47.2. The number of hydrogen-bond donors (Lipinski definition) is 0. The van der Waals surface area contributed by atoms with Gasteiger partial charge in [0.25, 0.3) is 0 Å². The summed E-state index contributed by atoms with van der Waals surface area (Å²) in [6.07, 6.45) is 51.3. The van der Waals surface area contributed by atoms with Crippen molar-refractivity contribution in [2.75, 3.05) is 52.0 Å². The lowest BCUT2D eigenvalue weighted by molar-refractivity contribution is -0.148. The minimum atomic E-state index is -0.0559. The third kappa shape index (κ3) is 50.1. The van der Waals surface area contributed by atoms with Crippen molar-refractivity contribution in [2.24, 2.45) is 17.8 Å². The molecule has 0 saturated carbocycles. The molecule has 410 valence electrons. The summed E-state index contributed by atoms with van der Waals surface area (Å²) in [6.45, 7) is 11.7. The molecule has 0 aliphatic heterocycles. The molecular weight excluding hydrogens is 875 g/mol. The van der Waals surface area contributed by atoms with Gasteiger partial charge in [0, 0.05) is 18.6 Å². The van der Waals surface area contributed by atoms with Gasteiger partial charge in [0.2, 0.25) is 0 Å². The number of carbonyl (C=O) groups excluding carboxylic acids is 3. The van der Waals surface area contributed by atoms with Crippen LogP contribution in [0.1, 0.15) is 304 Å². The van der Waals surface area contributed by atoms with Crippen LogP contribution in [0.15, 0.2) is 0 Å². The number of unbranched alkanes of at least 4 members (excludes halogenated alkanes) is 30. The van der Waals surface area contributed by atoms with Gasteiger partial charge >= 0.3 is 17.9 Å². The Morgan fingerprint density at radius 3 is 1.10 bits per heavy atom. The second-order valence-electron chi connectivity index (χ2n) is 21.6. The molecule has 0 amide bonds. The van der Waals surface area contributed by atoms with Crippen LogP contribution in [0.25, 0.3) is 0 Å². The molecule has 7 nitrogen and oxygen atoms in total. The predicted octanol–water partition coefficient (Wildman–Crippen LogP) is 18.6. The molecule has 0 aliphatic carbocycles. The molecule has 0 N–H and O–H groups in total. The van der Waals surface area contributed by atoms with Crippen LogP contribution < -0.4 is 0 Å². The van der Waals surface area contributed by atoms with Crippen molar-refractivity contribution in [3.63, 3.8) is 0 Å². The Hall–Kier alpha value is -1.28. The zero-order chi connectivity index (χ0) is 50.5. The standard InChI is InChI=1S/C61H119NO6S/c1-7-11-15-19-27-35-43-56(44-36-28-20-16-12-8-2)53-67-59(63)47-39-31-23-25-33-41-51-66-61(65)58(49-50-62(5)6)55-69-52-42-34-26-24-32-40-48-60(64)68-54-57(45-37-29-21-17-13-9-3)46-38-30-22-18-14-10-4/h56-58H,7-55H2,1-6H3. The molecule has 69 heavy (non-hydrogen) atoms. The van der Waals surface area contributed by atoms with E-state index in [1.54, 1.807) is 0 Å². The Bertz CT molecular complexity index is 1060. The van der Waals surface area contributed by atoms with Crippen molar-refractivity contribution >= 4 is 29.7 Å². The highest BCUT2D eigenvalue weighted by Gasteiger charge is 2.20. The second-order valence-corrected chi connectivity index (χ2v) is 22.7. The van der Waals surface area contributed by atoms with Gasteiger partial charge in [0.1, 0.15) is 0 Å². The molecule has 0 fully saturated rings. The molecular formula is C61H119NO6S. The zero-order valence-corrected chi connectivity index (χ0v) is 48.0. The summed E-state index contributed by atoms with van der Waals surface area (Å²) in [5.74, 6) is 2.85. The fourth-order valence-electron chi connectivity index (χ4n) is 9.50. The van der Waals surface area contributed by atoms with Crippen LogP contribution in [0.2, 0.25) is 0 Å². The fraction of sp³-hybridized carbons (Fsp3) is 0.951. The first kappa shape index (κ1) is 67.7. The average Bonchev–Trinajstić information content (AvgIpc) is 3.34. The summed E-state index contributed by atoms with van der Waals surface area (Å²) in [5, 5.41) is 0. The van der Waals surface area contributed by atoms with Crippen molar-refractivity contribution in [3.8, 4) is 0 Å². The monoisotopic (exact) mass is 994 g/mol. The van der Waals surface area contributed by atoms with E-state index in [1.807, 2.05) is 11.8 Å². The van der Waals surface area contributed by atoms with Gasteiger partial charge in [-0.05, 0) is 96.0 Å². The molecule has 1 unspecified atom stereocenters. The van der Waals surface area contributed by atoms with E-state index in [4.69, 9.17) is 14.2 Å². The normalized spacial score (nSPS) is 12.1. The fourth-order valence-corrected chi connectivity index (χ4v) is 10.7. The van der Waals surface area contributed by atoms with E-state index >= 15 is 0 Å². The van der Waals surface area contributed by atoms with E-state index < -0.39 is 0 Å². The summed E-state index contributed by atoms with van der Waals surface area (Å²) < 4.78 is 17.5. The minimum Gasteiger partial charge on any atom is -0.465 e. The molecule has 0 aliphatic rings. The third-order valence-electron chi connectivity index (χ3n) is 14.3. The quantitative estimate of drug-likeness (QED) is 0.0339. The topological polar surface area (TPSA) is 82.1 Å². The van der Waals surface area contributed by atoms with Gasteiger partial charge < -0.3 is 19.1 Å². The van der Waals surface area contributed by atoms with E-state index in [9.17, 15) is 14.4 Å². The number of esters is 3. The van der Waals surface area contributed by atoms with Crippen molar-refractivity contribution < 1.29 is 28.6 Å². The molecule has 0 aromatic carbocycles. The molecule has 0 saturated heterocycles. The second kappa shape index (κ2) is 54.5. The summed E-state index contributed by atoms with van der Waals surface area (Å²) >= 11 is 1.90. The Morgan fingerprint density at radius 1 is 0.391 bits per heavy atom. The minimum absolute atomic E-state index is 0.00215. The molecule has 1 atom stereocenters. The maximum absolute atomic E-state index is 13.1. The van der Waals surface area contributed by atoms with Crippen LogP contribution in [-0.2, 0) is 28.6 Å². The van der Waals surface area contributed by atoms with Crippen LogP contribution in [0, 0.1) is 17.8 Å². The number of carbonyl (C=O) groups is 3. The van der Waals surface area contributed by atoms with Crippen molar-refractivity contribution in [1.29, 1.82) is 0 Å². The van der Waals surface area contributed by atoms with E-state index in [0.717, 1.165) is 75.8 Å². The van der Waals surface area contributed by atoms with Crippen LogP contribution in [0.5, 0.6) is 0 Å². The highest BCUT2D eigenvalue weighted by Crippen LogP contribution is 2.23. The molecule has 0 rings (SSSR count). The number of thioether (sulfide) groups is 1. The predicted molar refractivity (Wildman–Crippen MR) is 300 cm³/mol. The maximum atomic E-state index is 13.1. The third-order valence-corrected chi connectivity index (χ3v) is 15.6. The van der Waals surface area contributed by atoms with Crippen molar-refractivity contribution in [3.05, 3.63) is 0 Å². The van der Waals surface area contributed by atoms with E-state index in [1.165, 1.54) is 205 Å². The van der Waals surface area contributed by atoms with E-state index in [-0.39, 0.29) is 23.8 Å². The Labute approximate surface area is 434 Å². The van der Waals surface area contributed by atoms with Gasteiger partial charge in [-0.15, -0.1) is 0 Å². The molecule has 0 radical (unpaired) electrons.